The Bertz CT molecular complexity index is 687. The Balaban J connectivity index is 2.44. The van der Waals surface area contributed by atoms with Crippen LogP contribution in [0, 0.1) is 5.82 Å². The monoisotopic (exact) mass is 373 g/mol. The number of amides is 1. The summed E-state index contributed by atoms with van der Waals surface area (Å²) in [7, 11) is 0.811. The van der Waals surface area contributed by atoms with Gasteiger partial charge >= 0.3 is 0 Å². The molecular formula is C12H11Cl3FNO3S. The van der Waals surface area contributed by atoms with Crippen molar-refractivity contribution < 1.29 is 17.6 Å². The first-order chi connectivity index (χ1) is 9.71. The van der Waals surface area contributed by atoms with Gasteiger partial charge in [0.05, 0.1) is 15.6 Å². The van der Waals surface area contributed by atoms with Gasteiger partial charge in [0.25, 0.3) is 15.0 Å². The number of nitrogens with one attached hydrogen (secondary N) is 1. The quantitative estimate of drug-likeness (QED) is 0.647. The molecule has 116 valence electrons. The number of hydrogen-bond acceptors (Lipinski definition) is 3. The second-order valence-electron chi connectivity index (χ2n) is 4.76. The van der Waals surface area contributed by atoms with Crippen LogP contribution in [-0.2, 0) is 9.05 Å². The molecule has 0 aromatic heterocycles. The molecule has 2 rings (SSSR count). The van der Waals surface area contributed by atoms with Crippen LogP contribution in [0.5, 0.6) is 0 Å². The van der Waals surface area contributed by atoms with Crippen LogP contribution >= 0.6 is 33.9 Å². The number of rotatable bonds is 3. The highest BCUT2D eigenvalue weighted by atomic mass is 35.7. The van der Waals surface area contributed by atoms with Crippen LogP contribution in [0.15, 0.2) is 11.0 Å². The standard InChI is InChI=1S/C12H11Cl3FNO3S/c13-9-7(12(18)17-6-3-1-2-4-6)5-8(16)10(14)11(9)21(15,19)20/h5-6H,1-4H2,(H,17,18). The summed E-state index contributed by atoms with van der Waals surface area (Å²) in [5.74, 6) is -1.72. The van der Waals surface area contributed by atoms with Crippen LogP contribution in [0.3, 0.4) is 0 Å². The lowest BCUT2D eigenvalue weighted by molar-refractivity contribution is 0.0937. The van der Waals surface area contributed by atoms with Crippen LogP contribution in [0.2, 0.25) is 10.0 Å². The summed E-state index contributed by atoms with van der Waals surface area (Å²) in [6, 6.07) is 0.781. The van der Waals surface area contributed by atoms with Gasteiger partial charge < -0.3 is 5.32 Å². The van der Waals surface area contributed by atoms with Crippen molar-refractivity contribution in [3.05, 3.63) is 27.5 Å². The van der Waals surface area contributed by atoms with Crippen LogP contribution in [-0.4, -0.2) is 20.4 Å². The van der Waals surface area contributed by atoms with Crippen LogP contribution in [0.1, 0.15) is 36.0 Å². The van der Waals surface area contributed by atoms with Crippen molar-refractivity contribution in [2.45, 2.75) is 36.6 Å². The molecule has 0 spiro atoms. The fourth-order valence-electron chi connectivity index (χ4n) is 2.29. The van der Waals surface area contributed by atoms with E-state index in [9.17, 15) is 17.6 Å². The Morgan fingerprint density at radius 3 is 2.33 bits per heavy atom. The average Bonchev–Trinajstić information content (AvgIpc) is 2.85. The lowest BCUT2D eigenvalue weighted by Crippen LogP contribution is -2.33. The molecule has 1 saturated carbocycles. The van der Waals surface area contributed by atoms with Crippen molar-refractivity contribution in [1.82, 2.24) is 5.32 Å². The molecule has 0 radical (unpaired) electrons. The molecule has 4 nitrogen and oxygen atoms in total. The van der Waals surface area contributed by atoms with Crippen LogP contribution in [0.25, 0.3) is 0 Å². The Hall–Kier alpha value is -0.560. The summed E-state index contributed by atoms with van der Waals surface area (Å²) in [6.45, 7) is 0. The predicted octanol–water partition coefficient (Wildman–Crippen LogP) is 3.73. The van der Waals surface area contributed by atoms with Gasteiger partial charge in [-0.15, -0.1) is 0 Å². The molecule has 0 bridgehead atoms. The van der Waals surface area contributed by atoms with E-state index in [2.05, 4.69) is 5.32 Å². The molecule has 1 amide bonds. The number of benzene rings is 1. The molecule has 21 heavy (non-hydrogen) atoms. The van der Waals surface area contributed by atoms with E-state index >= 15 is 0 Å². The van der Waals surface area contributed by atoms with E-state index in [0.29, 0.717) is 0 Å². The zero-order valence-electron chi connectivity index (χ0n) is 10.6. The third kappa shape index (κ3) is 3.62. The zero-order valence-corrected chi connectivity index (χ0v) is 13.7. The van der Waals surface area contributed by atoms with Gasteiger partial charge in [-0.25, -0.2) is 12.8 Å². The molecule has 1 fully saturated rings. The minimum atomic E-state index is -4.38. The first kappa shape index (κ1) is 16.8. The molecule has 9 heteroatoms. The molecule has 1 aromatic carbocycles. The smallest absolute Gasteiger partial charge is 0.264 e. The molecule has 0 unspecified atom stereocenters. The predicted molar refractivity (Wildman–Crippen MR) is 79.2 cm³/mol. The van der Waals surface area contributed by atoms with Gasteiger partial charge in [0, 0.05) is 16.7 Å². The van der Waals surface area contributed by atoms with Crippen molar-refractivity contribution in [1.29, 1.82) is 0 Å². The van der Waals surface area contributed by atoms with Gasteiger partial charge in [-0.2, -0.15) is 0 Å². The largest absolute Gasteiger partial charge is 0.349 e. The first-order valence-electron chi connectivity index (χ1n) is 6.15. The maximum absolute atomic E-state index is 13.7. The summed E-state index contributed by atoms with van der Waals surface area (Å²) in [4.78, 5) is 11.3. The summed E-state index contributed by atoms with van der Waals surface area (Å²) in [6.07, 6.45) is 3.63. The van der Waals surface area contributed by atoms with E-state index in [1.54, 1.807) is 0 Å². The Labute approximate surface area is 136 Å². The topological polar surface area (TPSA) is 63.2 Å². The highest BCUT2D eigenvalue weighted by molar-refractivity contribution is 8.14. The van der Waals surface area contributed by atoms with Crippen molar-refractivity contribution >= 4 is 48.8 Å². The van der Waals surface area contributed by atoms with E-state index in [1.165, 1.54) is 0 Å². The Morgan fingerprint density at radius 2 is 1.81 bits per heavy atom. The average molecular weight is 375 g/mol. The second kappa shape index (κ2) is 6.28. The van der Waals surface area contributed by atoms with E-state index in [-0.39, 0.29) is 11.6 Å². The van der Waals surface area contributed by atoms with E-state index < -0.39 is 35.7 Å². The third-order valence-corrected chi connectivity index (χ3v) is 5.64. The maximum Gasteiger partial charge on any atom is 0.264 e. The SMILES string of the molecule is O=C(NC1CCCC1)c1cc(F)c(Cl)c(S(=O)(=O)Cl)c1Cl. The van der Waals surface area contributed by atoms with Crippen molar-refractivity contribution in [3.8, 4) is 0 Å². The van der Waals surface area contributed by atoms with Gasteiger partial charge in [-0.3, -0.25) is 4.79 Å². The maximum atomic E-state index is 13.7. The lowest BCUT2D eigenvalue weighted by atomic mass is 10.1. The molecule has 0 heterocycles. The molecular weight excluding hydrogens is 364 g/mol. The number of halogens is 4. The molecule has 1 aliphatic carbocycles. The fourth-order valence-corrected chi connectivity index (χ4v) is 4.67. The Morgan fingerprint density at radius 1 is 1.24 bits per heavy atom. The zero-order chi connectivity index (χ0) is 15.8. The van der Waals surface area contributed by atoms with Gasteiger partial charge in [-0.1, -0.05) is 36.0 Å². The number of carbonyl (C=O) groups excluding carboxylic acids is 1. The number of hydrogen-bond donors (Lipinski definition) is 1. The summed E-state index contributed by atoms with van der Waals surface area (Å²) < 4.78 is 36.6. The number of carbonyl (C=O) groups is 1. The molecule has 1 aromatic rings. The first-order valence-corrected chi connectivity index (χ1v) is 9.21. The molecule has 1 N–H and O–H groups in total. The van der Waals surface area contributed by atoms with Gasteiger partial charge in [0.2, 0.25) is 0 Å². The van der Waals surface area contributed by atoms with Crippen molar-refractivity contribution in [3.63, 3.8) is 0 Å². The second-order valence-corrected chi connectivity index (χ2v) is 8.01. The van der Waals surface area contributed by atoms with Gasteiger partial charge in [0.1, 0.15) is 10.7 Å². The lowest BCUT2D eigenvalue weighted by Gasteiger charge is -2.14. The third-order valence-electron chi connectivity index (χ3n) is 3.29. The molecule has 0 aliphatic heterocycles. The molecule has 1 aliphatic rings. The van der Waals surface area contributed by atoms with Crippen LogP contribution < -0.4 is 5.32 Å². The van der Waals surface area contributed by atoms with E-state index in [0.717, 1.165) is 31.7 Å². The van der Waals surface area contributed by atoms with Crippen LogP contribution in [0.4, 0.5) is 4.39 Å². The molecule has 0 saturated heterocycles. The van der Waals surface area contributed by atoms with Crippen molar-refractivity contribution in [2.75, 3.05) is 0 Å². The van der Waals surface area contributed by atoms with E-state index in [1.807, 2.05) is 0 Å². The summed E-state index contributed by atoms with van der Waals surface area (Å²) in [5.41, 5.74) is -0.301. The summed E-state index contributed by atoms with van der Waals surface area (Å²) >= 11 is 11.5. The minimum absolute atomic E-state index is 0.0247. The molecule has 0 atom stereocenters. The minimum Gasteiger partial charge on any atom is -0.349 e. The fraction of sp³-hybridized carbons (Fsp3) is 0.417. The highest BCUT2D eigenvalue weighted by Crippen LogP contribution is 2.36. The Kier molecular flexibility index (Phi) is 5.03. The highest BCUT2D eigenvalue weighted by Gasteiger charge is 2.28. The van der Waals surface area contributed by atoms with E-state index in [4.69, 9.17) is 33.9 Å². The van der Waals surface area contributed by atoms with Gasteiger partial charge in [-0.05, 0) is 18.9 Å². The van der Waals surface area contributed by atoms with Crippen molar-refractivity contribution in [2.24, 2.45) is 0 Å². The van der Waals surface area contributed by atoms with Gasteiger partial charge in [0.15, 0.2) is 0 Å². The normalized spacial score (nSPS) is 16.2. The summed E-state index contributed by atoms with van der Waals surface area (Å²) in [5, 5.41) is 1.48.